The summed E-state index contributed by atoms with van der Waals surface area (Å²) < 4.78 is 18.8. The monoisotopic (exact) mass is 353 g/mol. The van der Waals surface area contributed by atoms with Crippen molar-refractivity contribution in [3.63, 3.8) is 0 Å². The molecule has 26 heavy (non-hydrogen) atoms. The van der Waals surface area contributed by atoms with Gasteiger partial charge in [-0.25, -0.2) is 9.18 Å². The number of rotatable bonds is 3. The molecule has 0 unspecified atom stereocenters. The van der Waals surface area contributed by atoms with Gasteiger partial charge in [0.2, 0.25) is 5.91 Å². The lowest BCUT2D eigenvalue weighted by Gasteiger charge is -2.17. The minimum atomic E-state index is -0.664. The van der Waals surface area contributed by atoms with E-state index >= 15 is 0 Å². The van der Waals surface area contributed by atoms with Gasteiger partial charge in [-0.05, 0) is 29.3 Å². The third-order valence-electron chi connectivity index (χ3n) is 3.76. The molecule has 1 aromatic heterocycles. The van der Waals surface area contributed by atoms with Crippen LogP contribution >= 0.6 is 0 Å². The van der Waals surface area contributed by atoms with Crippen molar-refractivity contribution in [3.8, 4) is 11.8 Å². The van der Waals surface area contributed by atoms with Gasteiger partial charge in [0.1, 0.15) is 11.9 Å². The molecule has 0 bridgehead atoms. The average Bonchev–Trinajstić information content (AvgIpc) is 3.01. The topological polar surface area (TPSA) is 80.3 Å². The molecule has 1 aromatic carbocycles. The number of carbonyl (C=O) groups excluding carboxylic acids is 2. The Morgan fingerprint density at radius 1 is 1.35 bits per heavy atom. The van der Waals surface area contributed by atoms with E-state index in [2.05, 4.69) is 27.5 Å². The number of aromatic nitrogens is 1. The van der Waals surface area contributed by atoms with Crippen molar-refractivity contribution in [1.29, 1.82) is 0 Å². The average molecular weight is 353 g/mol. The van der Waals surface area contributed by atoms with Crippen LogP contribution in [0.5, 0.6) is 0 Å². The Kier molecular flexibility index (Phi) is 5.13. The number of ether oxygens (including phenoxy) is 1. The van der Waals surface area contributed by atoms with E-state index in [1.165, 1.54) is 19.1 Å². The molecule has 2 N–H and O–H groups in total. The maximum absolute atomic E-state index is 13.5. The van der Waals surface area contributed by atoms with Crippen molar-refractivity contribution in [2.24, 2.45) is 0 Å². The van der Waals surface area contributed by atoms with E-state index in [1.807, 2.05) is 0 Å². The van der Waals surface area contributed by atoms with E-state index in [1.54, 1.807) is 30.6 Å². The summed E-state index contributed by atoms with van der Waals surface area (Å²) in [5.74, 6) is 5.16. The summed E-state index contributed by atoms with van der Waals surface area (Å²) >= 11 is 0. The first-order valence-electron chi connectivity index (χ1n) is 7.94. The quantitative estimate of drug-likeness (QED) is 0.830. The van der Waals surface area contributed by atoms with Crippen LogP contribution in [0.15, 0.2) is 42.7 Å². The van der Waals surface area contributed by atoms with Crippen LogP contribution in [0.25, 0.3) is 0 Å². The molecule has 1 fully saturated rings. The molecule has 0 spiro atoms. The van der Waals surface area contributed by atoms with Gasteiger partial charge in [-0.3, -0.25) is 9.78 Å². The molecule has 2 amide bonds. The summed E-state index contributed by atoms with van der Waals surface area (Å²) in [6, 6.07) is 7.20. The van der Waals surface area contributed by atoms with Gasteiger partial charge in [-0.1, -0.05) is 24.0 Å². The van der Waals surface area contributed by atoms with E-state index in [-0.39, 0.29) is 12.5 Å². The first kappa shape index (κ1) is 17.4. The number of amides is 2. The Morgan fingerprint density at radius 3 is 2.96 bits per heavy atom. The van der Waals surface area contributed by atoms with Crippen molar-refractivity contribution < 1.29 is 18.7 Å². The number of nitrogens with zero attached hydrogens (tertiary/aromatic N) is 1. The van der Waals surface area contributed by atoms with Crippen LogP contribution < -0.4 is 10.6 Å². The lowest BCUT2D eigenvalue weighted by atomic mass is 9.97. The maximum atomic E-state index is 13.5. The van der Waals surface area contributed by atoms with Crippen LogP contribution in [0.2, 0.25) is 0 Å². The van der Waals surface area contributed by atoms with Crippen LogP contribution in [0, 0.1) is 17.7 Å². The molecule has 0 aliphatic carbocycles. The Hall–Kier alpha value is -3.40. The molecule has 2 atom stereocenters. The Morgan fingerprint density at radius 2 is 2.19 bits per heavy atom. The largest absolute Gasteiger partial charge is 0.439 e. The summed E-state index contributed by atoms with van der Waals surface area (Å²) in [6.07, 6.45) is 1.94. The van der Waals surface area contributed by atoms with E-state index in [0.29, 0.717) is 16.7 Å². The number of hydrogen-bond donors (Lipinski definition) is 2. The number of nitrogens with one attached hydrogen (secondary N) is 2. The summed E-state index contributed by atoms with van der Waals surface area (Å²) in [4.78, 5) is 26.7. The first-order chi connectivity index (χ1) is 12.5. The van der Waals surface area contributed by atoms with Crippen molar-refractivity contribution in [2.75, 3.05) is 6.54 Å². The minimum Gasteiger partial charge on any atom is -0.439 e. The van der Waals surface area contributed by atoms with Crippen molar-refractivity contribution >= 4 is 12.0 Å². The molecule has 6 nitrogen and oxygen atoms in total. The standard InChI is InChI=1S/C19H16FN3O3/c1-12(24)22-7-3-4-13-8-15(11-21-10-13)17-18(26-19(25)23-17)14-5-2-6-16(20)9-14/h2,5-6,8-11,17-18H,7H2,1H3,(H,22,24)(H,23,25)/t17-,18-/m1/s1. The van der Waals surface area contributed by atoms with Gasteiger partial charge in [0, 0.05) is 24.9 Å². The van der Waals surface area contributed by atoms with Crippen molar-refractivity contribution in [2.45, 2.75) is 19.1 Å². The van der Waals surface area contributed by atoms with Gasteiger partial charge < -0.3 is 15.4 Å². The number of carbonyl (C=O) groups is 2. The fraction of sp³-hybridized carbons (Fsp3) is 0.211. The second-order valence-corrected chi connectivity index (χ2v) is 5.72. The zero-order chi connectivity index (χ0) is 18.5. The molecule has 1 saturated heterocycles. The molecule has 3 rings (SSSR count). The Balaban J connectivity index is 1.83. The highest BCUT2D eigenvalue weighted by Gasteiger charge is 2.36. The van der Waals surface area contributed by atoms with Gasteiger partial charge in [0.05, 0.1) is 6.54 Å². The van der Waals surface area contributed by atoms with Gasteiger partial charge >= 0.3 is 6.09 Å². The second kappa shape index (κ2) is 7.66. The van der Waals surface area contributed by atoms with E-state index in [9.17, 15) is 14.0 Å². The fourth-order valence-corrected chi connectivity index (χ4v) is 2.63. The lowest BCUT2D eigenvalue weighted by molar-refractivity contribution is -0.118. The predicted octanol–water partition coefficient (Wildman–Crippen LogP) is 2.23. The zero-order valence-electron chi connectivity index (χ0n) is 14.0. The SMILES string of the molecule is CC(=O)NCC#Cc1cncc([C@H]2NC(=O)O[C@@H]2c2cccc(F)c2)c1. The smallest absolute Gasteiger partial charge is 0.408 e. The summed E-state index contributed by atoms with van der Waals surface area (Å²) in [6.45, 7) is 1.65. The minimum absolute atomic E-state index is 0.157. The fourth-order valence-electron chi connectivity index (χ4n) is 2.63. The molecule has 0 saturated carbocycles. The van der Waals surface area contributed by atoms with E-state index < -0.39 is 24.1 Å². The highest BCUT2D eigenvalue weighted by atomic mass is 19.1. The molecule has 132 valence electrons. The lowest BCUT2D eigenvalue weighted by Crippen LogP contribution is -2.20. The number of halogens is 1. The van der Waals surface area contributed by atoms with Gasteiger partial charge in [-0.2, -0.15) is 0 Å². The number of cyclic esters (lactones) is 1. The second-order valence-electron chi connectivity index (χ2n) is 5.72. The summed E-state index contributed by atoms with van der Waals surface area (Å²) in [5, 5.41) is 5.30. The summed E-state index contributed by atoms with van der Waals surface area (Å²) in [5.41, 5.74) is 1.87. The zero-order valence-corrected chi connectivity index (χ0v) is 14.0. The van der Waals surface area contributed by atoms with Crippen molar-refractivity contribution in [1.82, 2.24) is 15.6 Å². The first-order valence-corrected chi connectivity index (χ1v) is 7.94. The number of pyridine rings is 1. The molecular formula is C19H16FN3O3. The third-order valence-corrected chi connectivity index (χ3v) is 3.76. The Bertz CT molecular complexity index is 904. The van der Waals surface area contributed by atoms with Gasteiger partial charge in [0.15, 0.2) is 6.10 Å². The van der Waals surface area contributed by atoms with Crippen LogP contribution in [0.3, 0.4) is 0 Å². The number of benzene rings is 1. The van der Waals surface area contributed by atoms with Gasteiger partial charge in [0.25, 0.3) is 0 Å². The van der Waals surface area contributed by atoms with Crippen LogP contribution in [0.1, 0.15) is 35.8 Å². The maximum Gasteiger partial charge on any atom is 0.408 e. The summed E-state index contributed by atoms with van der Waals surface area (Å²) in [7, 11) is 0. The van der Waals surface area contributed by atoms with E-state index in [0.717, 1.165) is 0 Å². The number of hydrogen-bond acceptors (Lipinski definition) is 4. The van der Waals surface area contributed by atoms with Gasteiger partial charge in [-0.15, -0.1) is 0 Å². The Labute approximate surface area is 149 Å². The van der Waals surface area contributed by atoms with Crippen molar-refractivity contribution in [3.05, 3.63) is 65.2 Å². The highest BCUT2D eigenvalue weighted by molar-refractivity contribution is 5.73. The molecule has 0 radical (unpaired) electrons. The molecule has 1 aliphatic rings. The molecule has 7 heteroatoms. The highest BCUT2D eigenvalue weighted by Crippen LogP contribution is 2.36. The molecular weight excluding hydrogens is 337 g/mol. The third kappa shape index (κ3) is 4.16. The van der Waals surface area contributed by atoms with Crippen LogP contribution in [0.4, 0.5) is 9.18 Å². The number of alkyl carbamates (subject to hydrolysis) is 1. The van der Waals surface area contributed by atoms with E-state index in [4.69, 9.17) is 4.74 Å². The normalized spacial score (nSPS) is 18.3. The predicted molar refractivity (Wildman–Crippen MR) is 91.3 cm³/mol. The molecule has 1 aliphatic heterocycles. The van der Waals surface area contributed by atoms with Crippen LogP contribution in [-0.2, 0) is 9.53 Å². The molecule has 2 heterocycles. The molecule has 2 aromatic rings. The van der Waals surface area contributed by atoms with Crippen LogP contribution in [-0.4, -0.2) is 23.5 Å².